The van der Waals surface area contributed by atoms with Crippen LogP contribution >= 0.6 is 7.82 Å². The minimum absolute atomic E-state index is 0.0276. The number of esters is 2. The Labute approximate surface area is 367 Å². The fourth-order valence-corrected chi connectivity index (χ4v) is 7.40. The Kier molecular flexibility index (Phi) is 43.4. The molecule has 0 spiro atoms. The summed E-state index contributed by atoms with van der Waals surface area (Å²) >= 11 is 0. The van der Waals surface area contributed by atoms with E-state index in [1.54, 1.807) is 6.08 Å². The summed E-state index contributed by atoms with van der Waals surface area (Å²) in [4.78, 5) is 35.0. The zero-order valence-electron chi connectivity index (χ0n) is 38.3. The van der Waals surface area contributed by atoms with Gasteiger partial charge in [0.2, 0.25) is 0 Å². The van der Waals surface area contributed by atoms with E-state index in [1.807, 2.05) is 18.2 Å². The van der Waals surface area contributed by atoms with Crippen molar-refractivity contribution in [3.63, 3.8) is 0 Å². The molecule has 4 N–H and O–H groups in total. The van der Waals surface area contributed by atoms with Gasteiger partial charge in [-0.25, -0.2) is 4.57 Å². The zero-order valence-corrected chi connectivity index (χ0v) is 39.2. The van der Waals surface area contributed by atoms with Crippen molar-refractivity contribution in [1.29, 1.82) is 0 Å². The first kappa shape index (κ1) is 57.9. The van der Waals surface area contributed by atoms with Crippen molar-refractivity contribution >= 4 is 19.8 Å². The molecular weight excluding hydrogens is 778 g/mol. The van der Waals surface area contributed by atoms with E-state index in [9.17, 15) is 24.2 Å². The maximum atomic E-state index is 12.6. The van der Waals surface area contributed by atoms with Gasteiger partial charge in [-0.15, -0.1) is 0 Å². The highest BCUT2D eigenvalue weighted by molar-refractivity contribution is 7.47. The molecule has 0 amide bonds. The van der Waals surface area contributed by atoms with Crippen LogP contribution in [0, 0.1) is 0 Å². The van der Waals surface area contributed by atoms with Crippen molar-refractivity contribution in [3.05, 3.63) is 48.6 Å². The van der Waals surface area contributed by atoms with Gasteiger partial charge in [0, 0.05) is 19.4 Å². The number of allylic oxidation sites excluding steroid dienone is 7. The van der Waals surface area contributed by atoms with Gasteiger partial charge in [-0.05, 0) is 64.2 Å². The van der Waals surface area contributed by atoms with Crippen molar-refractivity contribution in [1.82, 2.24) is 0 Å². The largest absolute Gasteiger partial charge is 0.472 e. The molecule has 0 rings (SSSR count). The standard InChI is InChI=1S/C49H90NO9P/c1-3-5-7-9-11-13-15-17-18-19-20-21-22-23-24-26-28-30-32-34-36-40-49(53)59-47(45-58-60(54,55)57-43-42-50)44-56-48(52)41-37-39-46(51)38-35-33-31-29-27-25-16-14-12-10-8-6-4-2/h17-18,25,27,31,33,35,38,46-47,51H,3-16,19-24,26,28-30,32,34,36-37,39-45,50H2,1-2H3,(H,54,55)/b18-17-,27-25+,33-31+,38-35+/t46?,47-/m1/s1. The number of phosphoric ester groups is 1. The molecule has 0 radical (unpaired) electrons. The number of nitrogens with two attached hydrogens (primary N) is 1. The van der Waals surface area contributed by atoms with E-state index in [0.29, 0.717) is 19.3 Å². The summed E-state index contributed by atoms with van der Waals surface area (Å²) in [5.41, 5.74) is 5.35. The third-order valence-corrected chi connectivity index (χ3v) is 11.3. The second-order valence-corrected chi connectivity index (χ2v) is 17.6. The van der Waals surface area contributed by atoms with Crippen LogP contribution in [0.5, 0.6) is 0 Å². The molecule has 0 bridgehead atoms. The van der Waals surface area contributed by atoms with Gasteiger partial charge in [0.05, 0.1) is 19.3 Å². The molecule has 10 nitrogen and oxygen atoms in total. The monoisotopic (exact) mass is 868 g/mol. The molecule has 3 atom stereocenters. The topological polar surface area (TPSA) is 155 Å². The van der Waals surface area contributed by atoms with Crippen LogP contribution < -0.4 is 5.73 Å². The summed E-state index contributed by atoms with van der Waals surface area (Å²) in [5.74, 6) is -1.02. The van der Waals surface area contributed by atoms with E-state index in [0.717, 1.165) is 32.1 Å². The normalized spacial score (nSPS) is 14.2. The summed E-state index contributed by atoms with van der Waals surface area (Å²) in [6.45, 7) is 3.52. The molecule has 0 aromatic heterocycles. The molecule has 0 aliphatic rings. The van der Waals surface area contributed by atoms with Crippen LogP contribution in [0.2, 0.25) is 0 Å². The predicted octanol–water partition coefficient (Wildman–Crippen LogP) is 13.3. The molecule has 0 aliphatic carbocycles. The number of carbonyl (C=O) groups excluding carboxylic acids is 2. The second-order valence-electron chi connectivity index (χ2n) is 16.2. The van der Waals surface area contributed by atoms with Gasteiger partial charge in [0.25, 0.3) is 0 Å². The summed E-state index contributed by atoms with van der Waals surface area (Å²) in [7, 11) is -4.42. The van der Waals surface area contributed by atoms with E-state index in [4.69, 9.17) is 24.3 Å². The van der Waals surface area contributed by atoms with Crippen molar-refractivity contribution in [3.8, 4) is 0 Å². The highest BCUT2D eigenvalue weighted by atomic mass is 31.2. The van der Waals surface area contributed by atoms with Gasteiger partial charge in [-0.3, -0.25) is 18.6 Å². The van der Waals surface area contributed by atoms with Gasteiger partial charge in [-0.1, -0.05) is 184 Å². The third-order valence-electron chi connectivity index (χ3n) is 10.3. The first-order chi connectivity index (χ1) is 29.2. The summed E-state index contributed by atoms with van der Waals surface area (Å²) in [5, 5.41) is 10.3. The third kappa shape index (κ3) is 44.0. The summed E-state index contributed by atoms with van der Waals surface area (Å²) in [6.07, 6.45) is 48.9. The number of carbonyl (C=O) groups is 2. The van der Waals surface area contributed by atoms with Crippen LogP contribution in [-0.4, -0.2) is 60.5 Å². The SMILES string of the molecule is CCCCCCCC/C=C\CCCCCCCCCCCCCC(=O)O[C@H](COC(=O)CCCC(O)/C=C/C=C/C/C=C/CCCCCCCC)COP(=O)(O)OCCN. The Bertz CT molecular complexity index is 1140. The lowest BCUT2D eigenvalue weighted by molar-refractivity contribution is -0.161. The molecule has 0 fully saturated rings. The number of rotatable bonds is 45. The molecule has 0 heterocycles. The molecule has 0 aromatic rings. The van der Waals surface area contributed by atoms with Gasteiger partial charge in [0.15, 0.2) is 6.10 Å². The smallest absolute Gasteiger partial charge is 0.462 e. The maximum absolute atomic E-state index is 12.6. The Morgan fingerprint density at radius 2 is 1.07 bits per heavy atom. The number of phosphoric acid groups is 1. The second kappa shape index (κ2) is 45.0. The minimum atomic E-state index is -4.42. The Balaban J connectivity index is 4.23. The first-order valence-corrected chi connectivity index (χ1v) is 25.7. The van der Waals surface area contributed by atoms with E-state index in [-0.39, 0.29) is 32.6 Å². The molecule has 0 aromatic carbocycles. The van der Waals surface area contributed by atoms with Gasteiger partial charge in [-0.2, -0.15) is 0 Å². The van der Waals surface area contributed by atoms with Crippen molar-refractivity contribution in [2.24, 2.45) is 5.73 Å². The lowest BCUT2D eigenvalue weighted by atomic mass is 10.0. The number of ether oxygens (including phenoxy) is 2. The van der Waals surface area contributed by atoms with Crippen LogP contribution in [0.15, 0.2) is 48.6 Å². The fourth-order valence-electron chi connectivity index (χ4n) is 6.64. The lowest BCUT2D eigenvalue weighted by Gasteiger charge is -2.20. The molecular formula is C49H90NO9P. The number of aliphatic hydroxyl groups is 1. The molecule has 350 valence electrons. The zero-order chi connectivity index (χ0) is 44.0. The molecule has 60 heavy (non-hydrogen) atoms. The lowest BCUT2D eigenvalue weighted by Crippen LogP contribution is -2.29. The number of hydrogen-bond donors (Lipinski definition) is 3. The highest BCUT2D eigenvalue weighted by Crippen LogP contribution is 2.43. The van der Waals surface area contributed by atoms with Crippen molar-refractivity contribution in [2.75, 3.05) is 26.4 Å². The molecule has 0 saturated carbocycles. The van der Waals surface area contributed by atoms with Crippen LogP contribution in [0.4, 0.5) is 0 Å². The fraction of sp³-hybridized carbons (Fsp3) is 0.796. The van der Waals surface area contributed by atoms with E-state index in [1.165, 1.54) is 135 Å². The van der Waals surface area contributed by atoms with Gasteiger partial charge < -0.3 is 25.2 Å². The van der Waals surface area contributed by atoms with Crippen LogP contribution in [0.3, 0.4) is 0 Å². The van der Waals surface area contributed by atoms with Crippen molar-refractivity contribution < 1.29 is 42.7 Å². The first-order valence-electron chi connectivity index (χ1n) is 24.2. The number of unbranched alkanes of at least 4 members (excludes halogenated alkanes) is 23. The average Bonchev–Trinajstić information content (AvgIpc) is 3.23. The Morgan fingerprint density at radius 1 is 0.583 bits per heavy atom. The molecule has 2 unspecified atom stereocenters. The van der Waals surface area contributed by atoms with Crippen LogP contribution in [0.25, 0.3) is 0 Å². The van der Waals surface area contributed by atoms with Crippen LogP contribution in [0.1, 0.15) is 213 Å². The van der Waals surface area contributed by atoms with E-state index < -0.39 is 38.6 Å². The van der Waals surface area contributed by atoms with E-state index in [2.05, 4.69) is 38.2 Å². The van der Waals surface area contributed by atoms with Gasteiger partial charge in [0.1, 0.15) is 6.61 Å². The Morgan fingerprint density at radius 3 is 1.60 bits per heavy atom. The van der Waals surface area contributed by atoms with Crippen LogP contribution in [-0.2, 0) is 32.7 Å². The van der Waals surface area contributed by atoms with Crippen molar-refractivity contribution in [2.45, 2.75) is 225 Å². The highest BCUT2D eigenvalue weighted by Gasteiger charge is 2.26. The summed E-state index contributed by atoms with van der Waals surface area (Å²) in [6, 6.07) is 0. The number of hydrogen-bond acceptors (Lipinski definition) is 9. The van der Waals surface area contributed by atoms with Gasteiger partial charge >= 0.3 is 19.8 Å². The van der Waals surface area contributed by atoms with E-state index >= 15 is 0 Å². The predicted molar refractivity (Wildman–Crippen MR) is 249 cm³/mol. The Hall–Kier alpha value is -2.07. The molecule has 11 heteroatoms. The minimum Gasteiger partial charge on any atom is -0.462 e. The molecule has 0 saturated heterocycles. The maximum Gasteiger partial charge on any atom is 0.472 e. The summed E-state index contributed by atoms with van der Waals surface area (Å²) < 4.78 is 32.7. The molecule has 0 aliphatic heterocycles. The average molecular weight is 868 g/mol. The number of aliphatic hydroxyl groups excluding tert-OH is 1. The quantitative estimate of drug-likeness (QED) is 0.0177.